The number of epoxide rings is 2. The average Bonchev–Trinajstić information content (AvgIpc) is 3.27. The third-order valence-corrected chi connectivity index (χ3v) is 6.22. The van der Waals surface area contributed by atoms with E-state index in [4.69, 9.17) is 9.47 Å². The van der Waals surface area contributed by atoms with E-state index >= 15 is 0 Å². The van der Waals surface area contributed by atoms with Crippen molar-refractivity contribution in [3.05, 3.63) is 0 Å². The summed E-state index contributed by atoms with van der Waals surface area (Å²) in [6.45, 7) is 4.87. The largest absolute Gasteiger partial charge is 0.370 e. The van der Waals surface area contributed by atoms with Crippen LogP contribution in [0.15, 0.2) is 0 Å². The molecule has 2 heterocycles. The van der Waals surface area contributed by atoms with Gasteiger partial charge in [-0.15, -0.1) is 0 Å². The van der Waals surface area contributed by atoms with E-state index in [9.17, 15) is 0 Å². The first-order valence-corrected chi connectivity index (χ1v) is 8.51. The van der Waals surface area contributed by atoms with Crippen LogP contribution in [0.1, 0.15) is 58.8 Å². The summed E-state index contributed by atoms with van der Waals surface area (Å²) in [5, 5.41) is 0. The Kier molecular flexibility index (Phi) is 3.15. The van der Waals surface area contributed by atoms with Gasteiger partial charge >= 0.3 is 0 Å². The molecule has 0 aromatic rings. The lowest BCUT2D eigenvalue weighted by molar-refractivity contribution is 0.157. The summed E-state index contributed by atoms with van der Waals surface area (Å²) in [6, 6.07) is 0. The van der Waals surface area contributed by atoms with Crippen LogP contribution in [0.5, 0.6) is 0 Å². The van der Waals surface area contributed by atoms with Gasteiger partial charge in [-0.25, -0.2) is 0 Å². The predicted molar refractivity (Wildman–Crippen MR) is 74.9 cm³/mol. The smallest absolute Gasteiger partial charge is 0.0844 e. The molecule has 0 radical (unpaired) electrons. The molecule has 0 aromatic carbocycles. The molecule has 2 saturated heterocycles. The minimum atomic E-state index is 0.641. The highest BCUT2D eigenvalue weighted by Crippen LogP contribution is 2.48. The molecule has 0 spiro atoms. The first-order chi connectivity index (χ1) is 9.20. The molecule has 0 N–H and O–H groups in total. The Labute approximate surface area is 117 Å². The van der Waals surface area contributed by atoms with Gasteiger partial charge in [0.05, 0.1) is 24.4 Å². The number of hydrogen-bond donors (Lipinski definition) is 0. The van der Waals surface area contributed by atoms with Gasteiger partial charge in [0.25, 0.3) is 0 Å². The summed E-state index contributed by atoms with van der Waals surface area (Å²) in [5.74, 6) is 3.62. The molecule has 2 saturated carbocycles. The molecule has 4 fully saturated rings. The zero-order chi connectivity index (χ0) is 13.0. The predicted octanol–water partition coefficient (Wildman–Crippen LogP) is 3.78. The SMILES string of the molecule is CC(C)C(CC1CCC2OC2C1)C1CCC2OC2C1. The molecule has 4 rings (SSSR count). The van der Waals surface area contributed by atoms with Crippen molar-refractivity contribution in [3.63, 3.8) is 0 Å². The Morgan fingerprint density at radius 3 is 2.16 bits per heavy atom. The molecule has 0 amide bonds. The zero-order valence-electron chi connectivity index (χ0n) is 12.4. The van der Waals surface area contributed by atoms with Crippen molar-refractivity contribution < 1.29 is 9.47 Å². The molecule has 7 unspecified atom stereocenters. The van der Waals surface area contributed by atoms with Crippen LogP contribution in [0, 0.1) is 23.7 Å². The second-order valence-corrected chi connectivity index (χ2v) is 7.82. The highest BCUT2D eigenvalue weighted by atomic mass is 16.6. The second kappa shape index (κ2) is 4.73. The van der Waals surface area contributed by atoms with Gasteiger partial charge in [-0.2, -0.15) is 0 Å². The fraction of sp³-hybridized carbons (Fsp3) is 1.00. The molecule has 2 heteroatoms. The van der Waals surface area contributed by atoms with Crippen LogP contribution in [0.25, 0.3) is 0 Å². The topological polar surface area (TPSA) is 25.1 Å². The molecule has 2 aliphatic carbocycles. The summed E-state index contributed by atoms with van der Waals surface area (Å²) in [5.41, 5.74) is 0. The van der Waals surface area contributed by atoms with E-state index in [2.05, 4.69) is 13.8 Å². The van der Waals surface area contributed by atoms with E-state index in [1.54, 1.807) is 0 Å². The first-order valence-electron chi connectivity index (χ1n) is 8.51. The lowest BCUT2D eigenvalue weighted by Crippen LogP contribution is -2.29. The van der Waals surface area contributed by atoms with Crippen LogP contribution in [-0.2, 0) is 9.47 Å². The monoisotopic (exact) mass is 264 g/mol. The van der Waals surface area contributed by atoms with E-state index in [0.29, 0.717) is 24.4 Å². The molecule has 0 bridgehead atoms. The van der Waals surface area contributed by atoms with Crippen molar-refractivity contribution >= 4 is 0 Å². The number of ether oxygens (including phenoxy) is 2. The summed E-state index contributed by atoms with van der Waals surface area (Å²) in [6.07, 6.45) is 12.2. The number of fused-ring (bicyclic) bond motifs is 2. The zero-order valence-corrected chi connectivity index (χ0v) is 12.4. The molecular weight excluding hydrogens is 236 g/mol. The quantitative estimate of drug-likeness (QED) is 0.722. The standard InChI is InChI=1S/C17H28O2/c1-10(2)13(12-4-6-15-17(9-12)19-15)7-11-3-5-14-16(8-11)18-14/h10-17H,3-9H2,1-2H3. The summed E-state index contributed by atoms with van der Waals surface area (Å²) < 4.78 is 11.4. The van der Waals surface area contributed by atoms with Gasteiger partial charge < -0.3 is 9.47 Å². The molecule has 108 valence electrons. The van der Waals surface area contributed by atoms with Gasteiger partial charge in [0.2, 0.25) is 0 Å². The summed E-state index contributed by atoms with van der Waals surface area (Å²) in [7, 11) is 0. The van der Waals surface area contributed by atoms with E-state index in [1.807, 2.05) is 0 Å². The van der Waals surface area contributed by atoms with Crippen LogP contribution >= 0.6 is 0 Å². The second-order valence-electron chi connectivity index (χ2n) is 7.82. The summed E-state index contributed by atoms with van der Waals surface area (Å²) in [4.78, 5) is 0. The highest BCUT2D eigenvalue weighted by Gasteiger charge is 2.48. The fourth-order valence-electron chi connectivity index (χ4n) is 4.92. The molecular formula is C17H28O2. The van der Waals surface area contributed by atoms with E-state index in [-0.39, 0.29) is 0 Å². The Morgan fingerprint density at radius 2 is 1.53 bits per heavy atom. The molecule has 2 aliphatic heterocycles. The Hall–Kier alpha value is -0.0800. The maximum atomic E-state index is 5.73. The molecule has 19 heavy (non-hydrogen) atoms. The van der Waals surface area contributed by atoms with Crippen molar-refractivity contribution in [1.82, 2.24) is 0 Å². The number of hydrogen-bond acceptors (Lipinski definition) is 2. The van der Waals surface area contributed by atoms with E-state index in [0.717, 1.165) is 23.7 Å². The van der Waals surface area contributed by atoms with Gasteiger partial charge in [-0.1, -0.05) is 13.8 Å². The van der Waals surface area contributed by atoms with Crippen LogP contribution in [0.4, 0.5) is 0 Å². The normalized spacial score (nSPS) is 49.4. The van der Waals surface area contributed by atoms with Crippen LogP contribution in [-0.4, -0.2) is 24.4 Å². The minimum Gasteiger partial charge on any atom is -0.370 e. The van der Waals surface area contributed by atoms with Gasteiger partial charge in [0, 0.05) is 0 Å². The molecule has 7 atom stereocenters. The maximum Gasteiger partial charge on any atom is 0.0844 e. The molecule has 4 aliphatic rings. The van der Waals surface area contributed by atoms with Crippen LogP contribution in [0.3, 0.4) is 0 Å². The van der Waals surface area contributed by atoms with Gasteiger partial charge in [-0.3, -0.25) is 0 Å². The molecule has 0 aromatic heterocycles. The lowest BCUT2D eigenvalue weighted by atomic mass is 9.69. The van der Waals surface area contributed by atoms with Crippen molar-refractivity contribution in [2.75, 3.05) is 0 Å². The minimum absolute atomic E-state index is 0.641. The Bertz CT molecular complexity index is 340. The highest BCUT2D eigenvalue weighted by molar-refractivity contribution is 4.96. The third kappa shape index (κ3) is 2.58. The van der Waals surface area contributed by atoms with Crippen molar-refractivity contribution in [2.45, 2.75) is 83.2 Å². The van der Waals surface area contributed by atoms with Crippen molar-refractivity contribution in [1.29, 1.82) is 0 Å². The van der Waals surface area contributed by atoms with Crippen LogP contribution < -0.4 is 0 Å². The van der Waals surface area contributed by atoms with E-state index < -0.39 is 0 Å². The van der Waals surface area contributed by atoms with Gasteiger partial charge in [0.1, 0.15) is 0 Å². The summed E-state index contributed by atoms with van der Waals surface area (Å²) >= 11 is 0. The van der Waals surface area contributed by atoms with Crippen molar-refractivity contribution in [2.24, 2.45) is 23.7 Å². The maximum absolute atomic E-state index is 5.73. The van der Waals surface area contributed by atoms with Gasteiger partial charge in [-0.05, 0) is 68.6 Å². The van der Waals surface area contributed by atoms with Gasteiger partial charge in [0.15, 0.2) is 0 Å². The third-order valence-electron chi connectivity index (χ3n) is 6.22. The fourth-order valence-corrected chi connectivity index (χ4v) is 4.92. The Morgan fingerprint density at radius 1 is 0.842 bits per heavy atom. The first kappa shape index (κ1) is 12.6. The molecule has 2 nitrogen and oxygen atoms in total. The van der Waals surface area contributed by atoms with Crippen LogP contribution in [0.2, 0.25) is 0 Å². The lowest BCUT2D eigenvalue weighted by Gasteiger charge is -2.35. The average molecular weight is 264 g/mol. The van der Waals surface area contributed by atoms with E-state index in [1.165, 1.54) is 44.9 Å². The Balaban J connectivity index is 1.36. The number of rotatable bonds is 4. The van der Waals surface area contributed by atoms with Crippen molar-refractivity contribution in [3.8, 4) is 0 Å².